The van der Waals surface area contributed by atoms with Gasteiger partial charge in [0.1, 0.15) is 18.3 Å². The minimum Gasteiger partial charge on any atom is -0.485 e. The summed E-state index contributed by atoms with van der Waals surface area (Å²) in [6.07, 6.45) is 0. The highest BCUT2D eigenvalue weighted by atomic mass is 16.5. The van der Waals surface area contributed by atoms with Crippen LogP contribution in [0.25, 0.3) is 0 Å². The summed E-state index contributed by atoms with van der Waals surface area (Å²) in [5, 5.41) is 0. The molecule has 0 radical (unpaired) electrons. The van der Waals surface area contributed by atoms with E-state index in [4.69, 9.17) is 4.74 Å². The second kappa shape index (κ2) is 3.73. The van der Waals surface area contributed by atoms with Gasteiger partial charge in [-0.2, -0.15) is 0 Å². The molecule has 0 aliphatic carbocycles. The van der Waals surface area contributed by atoms with Gasteiger partial charge < -0.3 is 9.47 Å². The number of rotatable bonds is 1. The summed E-state index contributed by atoms with van der Waals surface area (Å²) in [6, 6.07) is 6.99. The van der Waals surface area contributed by atoms with Crippen LogP contribution in [-0.4, -0.2) is 25.5 Å². The number of ether oxygens (including phenoxy) is 2. The number of carbonyl (C=O) groups is 2. The molecule has 1 heterocycles. The highest BCUT2D eigenvalue weighted by Gasteiger charge is 2.35. The first-order chi connectivity index (χ1) is 7.24. The van der Waals surface area contributed by atoms with Crippen LogP contribution in [0.5, 0.6) is 5.75 Å². The first kappa shape index (κ1) is 9.71. The SMILES string of the molecule is COC(=O)[C@@H]1C(=O)COc2ccccc21. The molecule has 0 saturated carbocycles. The molecule has 1 aromatic rings. The zero-order valence-corrected chi connectivity index (χ0v) is 8.23. The summed E-state index contributed by atoms with van der Waals surface area (Å²) >= 11 is 0. The summed E-state index contributed by atoms with van der Waals surface area (Å²) in [5.74, 6) is -1.05. The van der Waals surface area contributed by atoms with E-state index in [2.05, 4.69) is 4.74 Å². The van der Waals surface area contributed by atoms with Crippen LogP contribution in [-0.2, 0) is 14.3 Å². The number of ketones is 1. The van der Waals surface area contributed by atoms with Gasteiger partial charge in [-0.1, -0.05) is 18.2 Å². The van der Waals surface area contributed by atoms with Crippen LogP contribution in [0.4, 0.5) is 0 Å². The second-order valence-corrected chi connectivity index (χ2v) is 3.25. The van der Waals surface area contributed by atoms with Crippen LogP contribution in [0.15, 0.2) is 24.3 Å². The molecule has 1 aliphatic heterocycles. The highest BCUT2D eigenvalue weighted by Crippen LogP contribution is 2.31. The van der Waals surface area contributed by atoms with Gasteiger partial charge in [0.25, 0.3) is 0 Å². The van der Waals surface area contributed by atoms with Crippen molar-refractivity contribution < 1.29 is 19.1 Å². The molecule has 0 bridgehead atoms. The van der Waals surface area contributed by atoms with Gasteiger partial charge in [0, 0.05) is 5.56 Å². The number of esters is 1. The minimum atomic E-state index is -0.833. The van der Waals surface area contributed by atoms with Gasteiger partial charge in [-0.15, -0.1) is 0 Å². The lowest BCUT2D eigenvalue weighted by atomic mass is 9.92. The van der Waals surface area contributed by atoms with Crippen LogP contribution in [0.2, 0.25) is 0 Å². The van der Waals surface area contributed by atoms with Crippen molar-refractivity contribution in [1.82, 2.24) is 0 Å². The minimum absolute atomic E-state index is 0.0726. The number of benzene rings is 1. The fourth-order valence-corrected chi connectivity index (χ4v) is 1.63. The molecule has 0 N–H and O–H groups in total. The van der Waals surface area contributed by atoms with Crippen LogP contribution in [0, 0.1) is 0 Å². The van der Waals surface area contributed by atoms with E-state index in [0.29, 0.717) is 11.3 Å². The fraction of sp³-hybridized carbons (Fsp3) is 0.273. The molecule has 0 saturated heterocycles. The Kier molecular flexibility index (Phi) is 2.41. The van der Waals surface area contributed by atoms with Crippen molar-refractivity contribution in [1.29, 1.82) is 0 Å². The maximum Gasteiger partial charge on any atom is 0.321 e. The highest BCUT2D eigenvalue weighted by molar-refractivity contribution is 6.06. The average molecular weight is 206 g/mol. The van der Waals surface area contributed by atoms with Gasteiger partial charge in [0.2, 0.25) is 0 Å². The maximum atomic E-state index is 11.5. The molecule has 0 amide bonds. The van der Waals surface area contributed by atoms with Crippen LogP contribution < -0.4 is 4.74 Å². The predicted octanol–water partition coefficient (Wildman–Crippen LogP) is 0.905. The molecule has 0 fully saturated rings. The third-order valence-corrected chi connectivity index (χ3v) is 2.36. The number of fused-ring (bicyclic) bond motifs is 1. The summed E-state index contributed by atoms with van der Waals surface area (Å²) in [5.41, 5.74) is 0.584. The van der Waals surface area contributed by atoms with Crippen LogP contribution in [0.1, 0.15) is 11.5 Å². The molecular formula is C11H10O4. The second-order valence-electron chi connectivity index (χ2n) is 3.25. The molecule has 78 valence electrons. The van der Waals surface area contributed by atoms with E-state index in [1.807, 2.05) is 0 Å². The Bertz CT molecular complexity index is 411. The Morgan fingerprint density at radius 2 is 2.20 bits per heavy atom. The van der Waals surface area contributed by atoms with Gasteiger partial charge in [0.15, 0.2) is 5.78 Å². The first-order valence-electron chi connectivity index (χ1n) is 4.56. The molecule has 0 aromatic heterocycles. The molecule has 4 heteroatoms. The van der Waals surface area contributed by atoms with Gasteiger partial charge in [-0.05, 0) is 6.07 Å². The summed E-state index contributed by atoms with van der Waals surface area (Å²) in [7, 11) is 1.27. The fourth-order valence-electron chi connectivity index (χ4n) is 1.63. The van der Waals surface area contributed by atoms with Crippen molar-refractivity contribution in [2.24, 2.45) is 0 Å². The molecule has 1 atom stereocenters. The van der Waals surface area contributed by atoms with E-state index in [9.17, 15) is 9.59 Å². The number of hydrogen-bond donors (Lipinski definition) is 0. The number of para-hydroxylation sites is 1. The van der Waals surface area contributed by atoms with Gasteiger partial charge in [0.05, 0.1) is 7.11 Å². The van der Waals surface area contributed by atoms with E-state index < -0.39 is 11.9 Å². The molecular weight excluding hydrogens is 196 g/mol. The van der Waals surface area contributed by atoms with Crippen LogP contribution in [0.3, 0.4) is 0 Å². The Labute approximate surface area is 86.8 Å². The quantitative estimate of drug-likeness (QED) is 0.506. The zero-order valence-electron chi connectivity index (χ0n) is 8.23. The summed E-state index contributed by atoms with van der Waals surface area (Å²) in [4.78, 5) is 23.0. The lowest BCUT2D eigenvalue weighted by Crippen LogP contribution is -2.31. The Morgan fingerprint density at radius 3 is 2.93 bits per heavy atom. The zero-order chi connectivity index (χ0) is 10.8. The molecule has 2 rings (SSSR count). The molecule has 15 heavy (non-hydrogen) atoms. The standard InChI is InChI=1S/C11H10O4/c1-14-11(13)10-7-4-2-3-5-9(7)15-6-8(10)12/h2-5,10H,6H2,1H3/t10-/m0/s1. The third kappa shape index (κ3) is 1.58. The summed E-state index contributed by atoms with van der Waals surface area (Å²) in [6.45, 7) is -0.0726. The predicted molar refractivity (Wildman–Crippen MR) is 51.7 cm³/mol. The lowest BCUT2D eigenvalue weighted by Gasteiger charge is -2.22. The van der Waals surface area contributed by atoms with Gasteiger partial charge in [-0.25, -0.2) is 0 Å². The van der Waals surface area contributed by atoms with Crippen molar-refractivity contribution in [3.05, 3.63) is 29.8 Å². The average Bonchev–Trinajstić information content (AvgIpc) is 2.28. The molecule has 1 aromatic carbocycles. The Morgan fingerprint density at radius 1 is 1.47 bits per heavy atom. The topological polar surface area (TPSA) is 52.6 Å². The maximum absolute atomic E-state index is 11.5. The van der Waals surface area contributed by atoms with Crippen molar-refractivity contribution in [3.63, 3.8) is 0 Å². The van der Waals surface area contributed by atoms with E-state index in [1.54, 1.807) is 24.3 Å². The number of carbonyl (C=O) groups excluding carboxylic acids is 2. The van der Waals surface area contributed by atoms with E-state index in [1.165, 1.54) is 7.11 Å². The van der Waals surface area contributed by atoms with Crippen molar-refractivity contribution in [2.45, 2.75) is 5.92 Å². The van der Waals surface area contributed by atoms with Crippen molar-refractivity contribution in [2.75, 3.05) is 13.7 Å². The Balaban J connectivity index is 2.46. The van der Waals surface area contributed by atoms with E-state index >= 15 is 0 Å². The van der Waals surface area contributed by atoms with Crippen molar-refractivity contribution in [3.8, 4) is 5.75 Å². The number of hydrogen-bond acceptors (Lipinski definition) is 4. The number of methoxy groups -OCH3 is 1. The molecule has 0 spiro atoms. The smallest absolute Gasteiger partial charge is 0.321 e. The number of Topliss-reactive ketones (excluding diaryl/α,β-unsaturated/α-hetero) is 1. The lowest BCUT2D eigenvalue weighted by molar-refractivity contribution is -0.146. The Hall–Kier alpha value is -1.84. The van der Waals surface area contributed by atoms with E-state index in [0.717, 1.165) is 0 Å². The monoisotopic (exact) mass is 206 g/mol. The first-order valence-corrected chi connectivity index (χ1v) is 4.56. The van der Waals surface area contributed by atoms with Gasteiger partial charge in [-0.3, -0.25) is 9.59 Å². The molecule has 1 aliphatic rings. The summed E-state index contributed by atoms with van der Waals surface area (Å²) < 4.78 is 9.80. The van der Waals surface area contributed by atoms with Gasteiger partial charge >= 0.3 is 5.97 Å². The normalized spacial score (nSPS) is 19.0. The van der Waals surface area contributed by atoms with Crippen LogP contribution >= 0.6 is 0 Å². The third-order valence-electron chi connectivity index (χ3n) is 2.36. The molecule has 4 nitrogen and oxygen atoms in total. The largest absolute Gasteiger partial charge is 0.485 e. The van der Waals surface area contributed by atoms with E-state index in [-0.39, 0.29) is 12.4 Å². The van der Waals surface area contributed by atoms with Crippen molar-refractivity contribution >= 4 is 11.8 Å². The molecule has 0 unspecified atom stereocenters.